The number of allylic oxidation sites excluding steroid dienone is 2. The Hall–Kier alpha value is -0.820. The fourth-order valence-electron chi connectivity index (χ4n) is 3.48. The van der Waals surface area contributed by atoms with Crippen molar-refractivity contribution in [1.29, 1.82) is 0 Å². The molecule has 3 rings (SSSR count). The lowest BCUT2D eigenvalue weighted by atomic mass is 9.53. The van der Waals surface area contributed by atoms with Crippen molar-refractivity contribution in [2.75, 3.05) is 0 Å². The van der Waals surface area contributed by atoms with Crippen LogP contribution in [0.15, 0.2) is 36.5 Å². The molecule has 0 aromatic heterocycles. The molecule has 2 bridgehead atoms. The summed E-state index contributed by atoms with van der Waals surface area (Å²) in [4.78, 5) is 0. The molecular weight excluding hydrogens is 184 g/mol. The largest absolute Gasteiger partial charge is 0.385 e. The van der Waals surface area contributed by atoms with Gasteiger partial charge in [-0.1, -0.05) is 25.7 Å². The average Bonchev–Trinajstić information content (AvgIpc) is 2.21. The molecule has 1 saturated carbocycles. The van der Waals surface area contributed by atoms with E-state index in [9.17, 15) is 5.11 Å². The number of rotatable bonds is 2. The molecular formula is C14H20O. The van der Waals surface area contributed by atoms with Gasteiger partial charge in [0, 0.05) is 5.92 Å². The van der Waals surface area contributed by atoms with Crippen molar-refractivity contribution in [1.82, 2.24) is 0 Å². The molecule has 1 heteroatoms. The number of hydrogen-bond donors (Lipinski definition) is 1. The summed E-state index contributed by atoms with van der Waals surface area (Å²) < 4.78 is 0. The van der Waals surface area contributed by atoms with Crippen LogP contribution in [0.25, 0.3) is 0 Å². The zero-order valence-corrected chi connectivity index (χ0v) is 9.71. The van der Waals surface area contributed by atoms with Crippen LogP contribution in [0.5, 0.6) is 0 Å². The fraction of sp³-hybridized carbons (Fsp3) is 0.571. The molecule has 0 spiro atoms. The quantitative estimate of drug-likeness (QED) is 0.685. The highest BCUT2D eigenvalue weighted by atomic mass is 16.3. The molecule has 3 atom stereocenters. The molecule has 3 unspecified atom stereocenters. The van der Waals surface area contributed by atoms with Gasteiger partial charge in [-0.05, 0) is 42.7 Å². The highest BCUT2D eigenvalue weighted by Crippen LogP contribution is 2.58. The van der Waals surface area contributed by atoms with Gasteiger partial charge in [0.2, 0.25) is 0 Å². The lowest BCUT2D eigenvalue weighted by molar-refractivity contribution is -0.0440. The van der Waals surface area contributed by atoms with E-state index in [0.29, 0.717) is 0 Å². The zero-order valence-electron chi connectivity index (χ0n) is 9.71. The number of aliphatic hydroxyl groups is 1. The first kappa shape index (κ1) is 10.7. The van der Waals surface area contributed by atoms with Crippen molar-refractivity contribution < 1.29 is 5.11 Å². The molecule has 1 N–H and O–H groups in total. The summed E-state index contributed by atoms with van der Waals surface area (Å²) in [7, 11) is 0. The van der Waals surface area contributed by atoms with E-state index in [4.69, 9.17) is 0 Å². The second-order valence-electron chi connectivity index (χ2n) is 5.27. The predicted octanol–water partition coefficient (Wildman–Crippen LogP) is 3.23. The van der Waals surface area contributed by atoms with Crippen LogP contribution in [0.3, 0.4) is 0 Å². The summed E-state index contributed by atoms with van der Waals surface area (Å²) in [6, 6.07) is 0. The molecule has 82 valence electrons. The van der Waals surface area contributed by atoms with Crippen LogP contribution >= 0.6 is 0 Å². The average molecular weight is 204 g/mol. The Labute approximate surface area is 92.2 Å². The van der Waals surface area contributed by atoms with Crippen LogP contribution < -0.4 is 0 Å². The van der Waals surface area contributed by atoms with Gasteiger partial charge in [-0.3, -0.25) is 0 Å². The maximum absolute atomic E-state index is 10.7. The van der Waals surface area contributed by atoms with E-state index in [0.717, 1.165) is 24.8 Å². The molecule has 1 nitrogen and oxygen atoms in total. The van der Waals surface area contributed by atoms with E-state index in [1.807, 2.05) is 19.1 Å². The van der Waals surface area contributed by atoms with E-state index < -0.39 is 5.60 Å². The standard InChI is InChI=1S/C14H20O/c1-5-11-9-13(4)7-8-14(11,15)10(3)12(13)6-2/h5-6,11,15H,1-2,7-9H2,3-4H3. The molecule has 1 fully saturated rings. The van der Waals surface area contributed by atoms with Crippen molar-refractivity contribution in [2.45, 2.75) is 38.7 Å². The Morgan fingerprint density at radius 2 is 2.07 bits per heavy atom. The van der Waals surface area contributed by atoms with Crippen LogP contribution in [0, 0.1) is 11.3 Å². The maximum atomic E-state index is 10.7. The van der Waals surface area contributed by atoms with Gasteiger partial charge in [0.15, 0.2) is 0 Å². The van der Waals surface area contributed by atoms with Gasteiger partial charge in [-0.2, -0.15) is 0 Å². The number of fused-ring (bicyclic) bond motifs is 2. The summed E-state index contributed by atoms with van der Waals surface area (Å²) in [5, 5.41) is 10.7. The maximum Gasteiger partial charge on any atom is 0.0922 e. The Kier molecular flexibility index (Phi) is 2.20. The van der Waals surface area contributed by atoms with Crippen LogP contribution in [0.4, 0.5) is 0 Å². The van der Waals surface area contributed by atoms with Crippen LogP contribution in [0.1, 0.15) is 33.1 Å². The lowest BCUT2D eigenvalue weighted by Gasteiger charge is -2.54. The molecule has 0 aromatic carbocycles. The molecule has 0 amide bonds. The van der Waals surface area contributed by atoms with Crippen LogP contribution in [0.2, 0.25) is 0 Å². The SMILES string of the molecule is C=CC1=C(C)C2(O)CCC1(C)CC2C=C. The Morgan fingerprint density at radius 3 is 2.60 bits per heavy atom. The fourth-order valence-corrected chi connectivity index (χ4v) is 3.48. The van der Waals surface area contributed by atoms with Gasteiger partial charge < -0.3 is 5.11 Å². The van der Waals surface area contributed by atoms with Gasteiger partial charge in [-0.15, -0.1) is 6.58 Å². The van der Waals surface area contributed by atoms with Crippen molar-refractivity contribution in [3.05, 3.63) is 36.5 Å². The Bertz CT molecular complexity index is 352. The molecule has 0 saturated heterocycles. The summed E-state index contributed by atoms with van der Waals surface area (Å²) >= 11 is 0. The third-order valence-electron chi connectivity index (χ3n) is 4.53. The molecule has 0 aliphatic heterocycles. The van der Waals surface area contributed by atoms with E-state index in [2.05, 4.69) is 20.1 Å². The van der Waals surface area contributed by atoms with Crippen molar-refractivity contribution in [3.8, 4) is 0 Å². The van der Waals surface area contributed by atoms with Crippen LogP contribution in [-0.4, -0.2) is 10.7 Å². The van der Waals surface area contributed by atoms with Gasteiger partial charge in [0.1, 0.15) is 0 Å². The first-order valence-electron chi connectivity index (χ1n) is 5.67. The molecule has 3 aliphatic rings. The van der Waals surface area contributed by atoms with Gasteiger partial charge in [0.25, 0.3) is 0 Å². The highest BCUT2D eigenvalue weighted by molar-refractivity contribution is 5.42. The van der Waals surface area contributed by atoms with E-state index in [1.165, 1.54) is 5.57 Å². The minimum Gasteiger partial charge on any atom is -0.385 e. The molecule has 15 heavy (non-hydrogen) atoms. The van der Waals surface area contributed by atoms with Crippen molar-refractivity contribution >= 4 is 0 Å². The molecule has 0 radical (unpaired) electrons. The summed E-state index contributed by atoms with van der Waals surface area (Å²) in [5.74, 6) is 0.208. The molecule has 0 aromatic rings. The smallest absolute Gasteiger partial charge is 0.0922 e. The number of hydrogen-bond acceptors (Lipinski definition) is 1. The first-order chi connectivity index (χ1) is 6.98. The topological polar surface area (TPSA) is 20.2 Å². The molecule has 0 heterocycles. The molecule has 3 aliphatic carbocycles. The third kappa shape index (κ3) is 1.19. The van der Waals surface area contributed by atoms with E-state index in [-0.39, 0.29) is 11.3 Å². The van der Waals surface area contributed by atoms with Gasteiger partial charge in [0.05, 0.1) is 5.60 Å². The minimum atomic E-state index is -0.650. The second-order valence-corrected chi connectivity index (χ2v) is 5.27. The first-order valence-corrected chi connectivity index (χ1v) is 5.67. The van der Waals surface area contributed by atoms with Gasteiger partial charge >= 0.3 is 0 Å². The zero-order chi connectivity index (χ0) is 11.3. The third-order valence-corrected chi connectivity index (χ3v) is 4.53. The van der Waals surface area contributed by atoms with E-state index in [1.54, 1.807) is 0 Å². The summed E-state index contributed by atoms with van der Waals surface area (Å²) in [6.07, 6.45) is 6.78. The van der Waals surface area contributed by atoms with E-state index >= 15 is 0 Å². The predicted molar refractivity (Wildman–Crippen MR) is 63.5 cm³/mol. The van der Waals surface area contributed by atoms with Crippen molar-refractivity contribution in [3.63, 3.8) is 0 Å². The Morgan fingerprint density at radius 1 is 1.40 bits per heavy atom. The highest BCUT2D eigenvalue weighted by Gasteiger charge is 2.53. The summed E-state index contributed by atoms with van der Waals surface area (Å²) in [6.45, 7) is 12.1. The Balaban J connectivity index is 2.60. The normalized spacial score (nSPS) is 44.3. The van der Waals surface area contributed by atoms with Crippen LogP contribution in [-0.2, 0) is 0 Å². The second kappa shape index (κ2) is 3.08. The minimum absolute atomic E-state index is 0.204. The lowest BCUT2D eigenvalue weighted by Crippen LogP contribution is -2.52. The van der Waals surface area contributed by atoms with Gasteiger partial charge in [-0.25, -0.2) is 0 Å². The monoisotopic (exact) mass is 204 g/mol. The van der Waals surface area contributed by atoms with Crippen molar-refractivity contribution in [2.24, 2.45) is 11.3 Å². The summed E-state index contributed by atoms with van der Waals surface area (Å²) in [5.41, 5.74) is 1.93.